The van der Waals surface area contributed by atoms with Gasteiger partial charge < -0.3 is 14.2 Å². The van der Waals surface area contributed by atoms with Crippen LogP contribution in [-0.2, 0) is 28.6 Å². The van der Waals surface area contributed by atoms with E-state index in [1.54, 1.807) is 0 Å². The Morgan fingerprint density at radius 3 is 0.915 bits per heavy atom. The third kappa shape index (κ3) is 56.1. The Hall–Kier alpha value is -4.71. The lowest BCUT2D eigenvalue weighted by atomic mass is 10.1. The number of hydrogen-bond donors (Lipinski definition) is 0. The molecule has 0 aromatic carbocycles. The first-order chi connectivity index (χ1) is 35.0. The molecule has 0 amide bonds. The number of carbonyl (C=O) groups excluding carboxylic acids is 3. The summed E-state index contributed by atoms with van der Waals surface area (Å²) in [7, 11) is 0. The lowest BCUT2D eigenvalue weighted by molar-refractivity contribution is -0.167. The highest BCUT2D eigenvalue weighted by molar-refractivity contribution is 5.71. The minimum absolute atomic E-state index is 0.103. The smallest absolute Gasteiger partial charge is 0.306 e. The second kappa shape index (κ2) is 57.9. The summed E-state index contributed by atoms with van der Waals surface area (Å²) in [6.45, 7) is 6.34. The van der Waals surface area contributed by atoms with Crippen molar-refractivity contribution in [2.45, 2.75) is 232 Å². The highest BCUT2D eigenvalue weighted by Gasteiger charge is 2.19. The van der Waals surface area contributed by atoms with E-state index in [0.29, 0.717) is 25.7 Å². The summed E-state index contributed by atoms with van der Waals surface area (Å²) in [4.78, 5) is 37.7. The molecule has 0 aromatic rings. The van der Waals surface area contributed by atoms with Crippen molar-refractivity contribution in [2.24, 2.45) is 0 Å². The van der Waals surface area contributed by atoms with Crippen molar-refractivity contribution in [3.63, 3.8) is 0 Å². The van der Waals surface area contributed by atoms with Crippen molar-refractivity contribution in [1.82, 2.24) is 0 Å². The Bertz CT molecular complexity index is 1590. The first-order valence-corrected chi connectivity index (χ1v) is 28.3. The fraction of sp³-hybridized carbons (Fsp3) is 0.585. The molecule has 0 aliphatic rings. The van der Waals surface area contributed by atoms with E-state index in [2.05, 4.69) is 167 Å². The van der Waals surface area contributed by atoms with Crippen LogP contribution in [0.4, 0.5) is 0 Å². The molecule has 1 unspecified atom stereocenters. The molecule has 0 saturated carbocycles. The van der Waals surface area contributed by atoms with Crippen molar-refractivity contribution in [3.8, 4) is 0 Å². The van der Waals surface area contributed by atoms with Crippen LogP contribution in [0, 0.1) is 0 Å². The Balaban J connectivity index is 4.21. The maximum Gasteiger partial charge on any atom is 0.306 e. The van der Waals surface area contributed by atoms with Crippen molar-refractivity contribution < 1.29 is 28.6 Å². The number of ether oxygens (including phenoxy) is 3. The quantitative estimate of drug-likeness (QED) is 0.0262. The second-order valence-corrected chi connectivity index (χ2v) is 18.1. The summed E-state index contributed by atoms with van der Waals surface area (Å²) in [5.41, 5.74) is 0. The van der Waals surface area contributed by atoms with Gasteiger partial charge in [0.05, 0.1) is 0 Å². The molecule has 0 radical (unpaired) electrons. The molecule has 0 spiro atoms. The van der Waals surface area contributed by atoms with Crippen LogP contribution in [0.25, 0.3) is 0 Å². The molecule has 0 fully saturated rings. The minimum Gasteiger partial charge on any atom is -0.462 e. The first-order valence-electron chi connectivity index (χ1n) is 28.3. The highest BCUT2D eigenvalue weighted by atomic mass is 16.6. The Labute approximate surface area is 436 Å². The van der Waals surface area contributed by atoms with E-state index in [-0.39, 0.29) is 31.1 Å². The zero-order valence-electron chi connectivity index (χ0n) is 45.4. The number of esters is 3. The fourth-order valence-corrected chi connectivity index (χ4v) is 7.09. The SMILES string of the molecule is CC/C=C\C/C=C\C/C=C\C/C=C\C/C=C\C/C=C\C/C=C\C/C=C\C/C=C\C/C=C\CCCCC(=O)OCC(COC(=O)CCCCCCC)OC(=O)CCCCCCC/C=C\C/C=C\CCCCC. The maximum absolute atomic E-state index is 12.7. The van der Waals surface area contributed by atoms with E-state index in [1.165, 1.54) is 25.7 Å². The van der Waals surface area contributed by atoms with Gasteiger partial charge in [-0.25, -0.2) is 0 Å². The number of hydrogen-bond acceptors (Lipinski definition) is 6. The van der Waals surface area contributed by atoms with Gasteiger partial charge >= 0.3 is 17.9 Å². The molecule has 0 aromatic heterocycles. The molecular weight excluding hydrogens is 877 g/mol. The van der Waals surface area contributed by atoms with Gasteiger partial charge in [0, 0.05) is 19.3 Å². The van der Waals surface area contributed by atoms with Gasteiger partial charge in [-0.3, -0.25) is 14.4 Å². The van der Waals surface area contributed by atoms with Gasteiger partial charge in [-0.1, -0.05) is 224 Å². The fourth-order valence-electron chi connectivity index (χ4n) is 7.09. The van der Waals surface area contributed by atoms with Crippen LogP contribution < -0.4 is 0 Å². The Morgan fingerprint density at radius 1 is 0.296 bits per heavy atom. The molecule has 71 heavy (non-hydrogen) atoms. The highest BCUT2D eigenvalue weighted by Crippen LogP contribution is 2.12. The maximum atomic E-state index is 12.7. The molecule has 1 atom stereocenters. The predicted octanol–water partition coefficient (Wildman–Crippen LogP) is 19.2. The van der Waals surface area contributed by atoms with E-state index in [4.69, 9.17) is 14.2 Å². The number of carbonyl (C=O) groups is 3. The molecule has 398 valence electrons. The Morgan fingerprint density at radius 2 is 0.549 bits per heavy atom. The van der Waals surface area contributed by atoms with Gasteiger partial charge in [-0.15, -0.1) is 0 Å². The standard InChI is InChI=1S/C65H102O6/c1-4-7-10-13-15-17-19-21-23-24-25-26-27-28-29-30-31-32-33-34-35-36-37-38-39-40-42-43-45-47-49-52-55-58-64(67)70-61-62(60-69-63(66)57-54-51-12-9-6-3)71-65(68)59-56-53-50-48-46-44-41-22-20-18-16-14-11-8-5-2/h7,10,15-18,21-23,25-26,28-29,31-32,34-35,37-38,40-42,45,47,62H,4-6,8-9,11-14,19-20,24,27,30,33,36,39,43-44,46,48-61H2,1-3H3/b10-7-,17-15-,18-16-,23-21-,26-25-,29-28-,32-31-,35-34-,38-37-,41-22-,42-40-,47-45-. The molecule has 0 bridgehead atoms. The van der Waals surface area contributed by atoms with E-state index in [1.807, 2.05) is 0 Å². The monoisotopic (exact) mass is 979 g/mol. The van der Waals surface area contributed by atoms with Crippen molar-refractivity contribution in [2.75, 3.05) is 13.2 Å². The van der Waals surface area contributed by atoms with Crippen LogP contribution in [0.5, 0.6) is 0 Å². The minimum atomic E-state index is -0.804. The van der Waals surface area contributed by atoms with Gasteiger partial charge in [-0.2, -0.15) is 0 Å². The van der Waals surface area contributed by atoms with Gasteiger partial charge in [0.25, 0.3) is 0 Å². The molecule has 0 rings (SSSR count). The average Bonchev–Trinajstić information content (AvgIpc) is 3.37. The van der Waals surface area contributed by atoms with Crippen LogP contribution in [0.2, 0.25) is 0 Å². The number of unbranched alkanes of at least 4 members (excludes halogenated alkanes) is 14. The number of rotatable bonds is 49. The van der Waals surface area contributed by atoms with E-state index in [0.717, 1.165) is 154 Å². The molecule has 6 nitrogen and oxygen atoms in total. The summed E-state index contributed by atoms with van der Waals surface area (Å²) in [5.74, 6) is -0.986. The summed E-state index contributed by atoms with van der Waals surface area (Å²) in [5, 5.41) is 0. The average molecular weight is 980 g/mol. The van der Waals surface area contributed by atoms with Crippen LogP contribution in [0.15, 0.2) is 146 Å². The first kappa shape index (κ1) is 66.3. The number of allylic oxidation sites excluding steroid dienone is 24. The van der Waals surface area contributed by atoms with Gasteiger partial charge in [-0.05, 0) is 128 Å². The third-order valence-electron chi connectivity index (χ3n) is 11.3. The summed E-state index contributed by atoms with van der Waals surface area (Å²) in [6.07, 6.45) is 83.2. The largest absolute Gasteiger partial charge is 0.462 e. The zero-order valence-corrected chi connectivity index (χ0v) is 45.4. The Kier molecular flexibility index (Phi) is 54.0. The van der Waals surface area contributed by atoms with Gasteiger partial charge in [0.2, 0.25) is 0 Å². The van der Waals surface area contributed by atoms with Crippen LogP contribution in [0.3, 0.4) is 0 Å². The molecule has 0 N–H and O–H groups in total. The second-order valence-electron chi connectivity index (χ2n) is 18.1. The van der Waals surface area contributed by atoms with Crippen LogP contribution in [-0.4, -0.2) is 37.2 Å². The topological polar surface area (TPSA) is 78.9 Å². The predicted molar refractivity (Wildman–Crippen MR) is 306 cm³/mol. The van der Waals surface area contributed by atoms with Crippen molar-refractivity contribution in [1.29, 1.82) is 0 Å². The van der Waals surface area contributed by atoms with Crippen molar-refractivity contribution in [3.05, 3.63) is 146 Å². The van der Waals surface area contributed by atoms with E-state index < -0.39 is 6.10 Å². The summed E-state index contributed by atoms with van der Waals surface area (Å²) in [6, 6.07) is 0. The van der Waals surface area contributed by atoms with Crippen LogP contribution >= 0.6 is 0 Å². The van der Waals surface area contributed by atoms with Gasteiger partial charge in [0.15, 0.2) is 6.10 Å². The zero-order chi connectivity index (χ0) is 51.4. The summed E-state index contributed by atoms with van der Waals surface area (Å²) < 4.78 is 16.6. The van der Waals surface area contributed by atoms with Crippen LogP contribution in [0.1, 0.15) is 226 Å². The summed E-state index contributed by atoms with van der Waals surface area (Å²) >= 11 is 0. The molecule has 6 heteroatoms. The van der Waals surface area contributed by atoms with E-state index in [9.17, 15) is 14.4 Å². The molecule has 0 aliphatic heterocycles. The van der Waals surface area contributed by atoms with E-state index >= 15 is 0 Å². The third-order valence-corrected chi connectivity index (χ3v) is 11.3. The molecule has 0 saturated heterocycles. The lowest BCUT2D eigenvalue weighted by Crippen LogP contribution is -2.30. The molecular formula is C65H102O6. The van der Waals surface area contributed by atoms with Crippen molar-refractivity contribution >= 4 is 17.9 Å². The lowest BCUT2D eigenvalue weighted by Gasteiger charge is -2.18. The molecule has 0 aliphatic carbocycles. The molecule has 0 heterocycles. The normalized spacial score (nSPS) is 13.2. The van der Waals surface area contributed by atoms with Gasteiger partial charge in [0.1, 0.15) is 13.2 Å².